The molecule has 0 saturated carbocycles. The number of carboxylic acids is 2. The zero-order valence-corrected chi connectivity index (χ0v) is 9.30. The molecule has 0 unspecified atom stereocenters. The second-order valence-corrected chi connectivity index (χ2v) is 3.81. The van der Waals surface area contributed by atoms with Gasteiger partial charge in [0, 0.05) is 12.2 Å². The average molecular weight is 237 g/mol. The summed E-state index contributed by atoms with van der Waals surface area (Å²) in [6.45, 7) is 0.336. The van der Waals surface area contributed by atoms with Crippen molar-refractivity contribution in [3.63, 3.8) is 0 Å². The summed E-state index contributed by atoms with van der Waals surface area (Å²) in [6, 6.07) is 9.27. The number of benzene rings is 1. The van der Waals surface area contributed by atoms with Gasteiger partial charge in [-0.05, 0) is 18.1 Å². The molecular weight excluding hydrogens is 222 g/mol. The summed E-state index contributed by atoms with van der Waals surface area (Å²) in [7, 11) is 0. The molecule has 0 fully saturated rings. The van der Waals surface area contributed by atoms with Gasteiger partial charge in [-0.1, -0.05) is 18.2 Å². The van der Waals surface area contributed by atoms with Gasteiger partial charge in [0.05, 0.1) is 12.8 Å². The summed E-state index contributed by atoms with van der Waals surface area (Å²) < 4.78 is 0. The first kappa shape index (κ1) is 13.0. The van der Waals surface area contributed by atoms with Gasteiger partial charge in [-0.25, -0.2) is 0 Å². The van der Waals surface area contributed by atoms with Gasteiger partial charge < -0.3 is 15.5 Å². The van der Waals surface area contributed by atoms with Crippen LogP contribution >= 0.6 is 0 Å². The number of aliphatic carboxylic acids is 2. The van der Waals surface area contributed by atoms with Crippen molar-refractivity contribution in [1.29, 1.82) is 0 Å². The molecule has 0 aliphatic rings. The molecule has 5 heteroatoms. The second-order valence-electron chi connectivity index (χ2n) is 3.81. The van der Waals surface area contributed by atoms with E-state index in [1.807, 2.05) is 30.3 Å². The fourth-order valence-corrected chi connectivity index (χ4v) is 1.53. The highest BCUT2D eigenvalue weighted by molar-refractivity contribution is 5.71. The molecule has 0 radical (unpaired) electrons. The smallest absolute Gasteiger partial charge is 0.303 e. The molecule has 1 aromatic carbocycles. The Morgan fingerprint density at radius 1 is 1.06 bits per heavy atom. The Balaban J connectivity index is 2.48. The van der Waals surface area contributed by atoms with Crippen molar-refractivity contribution in [3.8, 4) is 0 Å². The van der Waals surface area contributed by atoms with Crippen molar-refractivity contribution in [2.75, 3.05) is 11.9 Å². The minimum absolute atomic E-state index is 0.147. The van der Waals surface area contributed by atoms with Crippen LogP contribution in [0, 0.1) is 5.92 Å². The van der Waals surface area contributed by atoms with Crippen LogP contribution in [0.5, 0.6) is 0 Å². The summed E-state index contributed by atoms with van der Waals surface area (Å²) in [6.07, 6.45) is -0.293. The second kappa shape index (κ2) is 6.52. The lowest BCUT2D eigenvalue weighted by atomic mass is 10.0. The van der Waals surface area contributed by atoms with Gasteiger partial charge in [-0.2, -0.15) is 0 Å². The van der Waals surface area contributed by atoms with Gasteiger partial charge in [0.25, 0.3) is 0 Å². The molecule has 5 nitrogen and oxygen atoms in total. The lowest BCUT2D eigenvalue weighted by Crippen LogP contribution is -2.20. The number of anilines is 1. The highest BCUT2D eigenvalue weighted by atomic mass is 16.4. The molecule has 0 saturated heterocycles. The monoisotopic (exact) mass is 237 g/mol. The molecule has 0 bridgehead atoms. The van der Waals surface area contributed by atoms with E-state index in [4.69, 9.17) is 10.2 Å². The summed E-state index contributed by atoms with van der Waals surface area (Å²) in [5.74, 6) is -2.37. The van der Waals surface area contributed by atoms with Crippen molar-refractivity contribution in [2.24, 2.45) is 5.92 Å². The third-order valence-corrected chi connectivity index (χ3v) is 2.30. The van der Waals surface area contributed by atoms with Crippen LogP contribution in [0.1, 0.15) is 12.8 Å². The van der Waals surface area contributed by atoms with Crippen LogP contribution in [0.3, 0.4) is 0 Å². The molecule has 3 N–H and O–H groups in total. The maximum atomic E-state index is 10.6. The topological polar surface area (TPSA) is 86.6 Å². The van der Waals surface area contributed by atoms with Gasteiger partial charge in [0.2, 0.25) is 0 Å². The molecule has 0 atom stereocenters. The van der Waals surface area contributed by atoms with E-state index in [2.05, 4.69) is 5.32 Å². The van der Waals surface area contributed by atoms with Crippen LogP contribution in [0.2, 0.25) is 0 Å². The minimum Gasteiger partial charge on any atom is -0.481 e. The van der Waals surface area contributed by atoms with Crippen LogP contribution in [0.25, 0.3) is 0 Å². The lowest BCUT2D eigenvalue weighted by Gasteiger charge is -2.14. The van der Waals surface area contributed by atoms with E-state index < -0.39 is 17.9 Å². The number of nitrogens with one attached hydrogen (secondary N) is 1. The van der Waals surface area contributed by atoms with Gasteiger partial charge in [0.15, 0.2) is 0 Å². The Morgan fingerprint density at radius 3 is 2.06 bits per heavy atom. The zero-order chi connectivity index (χ0) is 12.7. The van der Waals surface area contributed by atoms with Crippen LogP contribution < -0.4 is 5.32 Å². The van der Waals surface area contributed by atoms with E-state index in [1.165, 1.54) is 0 Å². The molecular formula is C12H15NO4. The molecule has 1 rings (SSSR count). The summed E-state index contributed by atoms with van der Waals surface area (Å²) in [4.78, 5) is 21.2. The van der Waals surface area contributed by atoms with E-state index >= 15 is 0 Å². The van der Waals surface area contributed by atoms with Crippen molar-refractivity contribution in [3.05, 3.63) is 30.3 Å². The SMILES string of the molecule is O=C(O)CC(CNc1ccccc1)CC(=O)O. The number of rotatable bonds is 7. The summed E-state index contributed by atoms with van der Waals surface area (Å²) >= 11 is 0. The van der Waals surface area contributed by atoms with Gasteiger partial charge in [-0.3, -0.25) is 9.59 Å². The van der Waals surface area contributed by atoms with E-state index in [-0.39, 0.29) is 12.8 Å². The van der Waals surface area contributed by atoms with Crippen molar-refractivity contribution >= 4 is 17.6 Å². The number of carboxylic acid groups (broad SMARTS) is 2. The highest BCUT2D eigenvalue weighted by Crippen LogP contribution is 2.12. The van der Waals surface area contributed by atoms with Crippen molar-refractivity contribution < 1.29 is 19.8 Å². The van der Waals surface area contributed by atoms with Crippen LogP contribution in [0.15, 0.2) is 30.3 Å². The van der Waals surface area contributed by atoms with E-state index in [9.17, 15) is 9.59 Å². The molecule has 0 spiro atoms. The van der Waals surface area contributed by atoms with E-state index in [1.54, 1.807) is 0 Å². The molecule has 17 heavy (non-hydrogen) atoms. The highest BCUT2D eigenvalue weighted by Gasteiger charge is 2.16. The number of carbonyl (C=O) groups is 2. The lowest BCUT2D eigenvalue weighted by molar-refractivity contribution is -0.140. The predicted octanol–water partition coefficient (Wildman–Crippen LogP) is 1.66. The normalized spacial score (nSPS) is 10.2. The quantitative estimate of drug-likeness (QED) is 0.671. The Hall–Kier alpha value is -2.04. The van der Waals surface area contributed by atoms with Gasteiger partial charge >= 0.3 is 11.9 Å². The van der Waals surface area contributed by atoms with E-state index in [0.717, 1.165) is 5.69 Å². The number of hydrogen-bond donors (Lipinski definition) is 3. The Bertz CT molecular complexity index is 361. The van der Waals surface area contributed by atoms with Crippen molar-refractivity contribution in [2.45, 2.75) is 12.8 Å². The maximum Gasteiger partial charge on any atom is 0.303 e. The number of para-hydroxylation sites is 1. The van der Waals surface area contributed by atoms with Crippen molar-refractivity contribution in [1.82, 2.24) is 0 Å². The molecule has 0 amide bonds. The minimum atomic E-state index is -0.980. The van der Waals surface area contributed by atoms with E-state index in [0.29, 0.717) is 6.54 Å². The summed E-state index contributed by atoms with van der Waals surface area (Å²) in [5, 5.41) is 20.4. The first-order valence-electron chi connectivity index (χ1n) is 5.30. The first-order valence-corrected chi connectivity index (χ1v) is 5.30. The van der Waals surface area contributed by atoms with Crippen LogP contribution in [-0.2, 0) is 9.59 Å². The maximum absolute atomic E-state index is 10.6. The van der Waals surface area contributed by atoms with Crippen LogP contribution in [0.4, 0.5) is 5.69 Å². The third kappa shape index (κ3) is 5.55. The fraction of sp³-hybridized carbons (Fsp3) is 0.333. The largest absolute Gasteiger partial charge is 0.481 e. The third-order valence-electron chi connectivity index (χ3n) is 2.30. The average Bonchev–Trinajstić information content (AvgIpc) is 2.26. The molecule has 0 heterocycles. The molecule has 1 aromatic rings. The standard InChI is InChI=1S/C12H15NO4/c14-11(15)6-9(7-12(16)17)8-13-10-4-2-1-3-5-10/h1-5,9,13H,6-8H2,(H,14,15)(H,16,17). The molecule has 0 aromatic heterocycles. The molecule has 0 aliphatic heterocycles. The van der Waals surface area contributed by atoms with Crippen LogP contribution in [-0.4, -0.2) is 28.7 Å². The molecule has 92 valence electrons. The Morgan fingerprint density at radius 2 is 1.59 bits per heavy atom. The molecule has 0 aliphatic carbocycles. The first-order chi connectivity index (χ1) is 8.08. The Kier molecular flexibility index (Phi) is 5.00. The zero-order valence-electron chi connectivity index (χ0n) is 9.30. The number of hydrogen-bond acceptors (Lipinski definition) is 3. The fourth-order valence-electron chi connectivity index (χ4n) is 1.53. The van der Waals surface area contributed by atoms with Gasteiger partial charge in [-0.15, -0.1) is 0 Å². The predicted molar refractivity (Wildman–Crippen MR) is 62.9 cm³/mol. The Labute approximate surface area is 99.1 Å². The summed E-state index contributed by atoms with van der Waals surface area (Å²) in [5.41, 5.74) is 0.855. The van der Waals surface area contributed by atoms with Gasteiger partial charge in [0.1, 0.15) is 0 Å².